The molecule has 45 heavy (non-hydrogen) atoms. The van der Waals surface area contributed by atoms with Gasteiger partial charge >= 0.3 is 12.1 Å². The van der Waals surface area contributed by atoms with Gasteiger partial charge < -0.3 is 19.8 Å². The van der Waals surface area contributed by atoms with E-state index >= 15 is 4.39 Å². The number of aliphatic carboxylic acids is 1. The van der Waals surface area contributed by atoms with Crippen LogP contribution in [-0.2, 0) is 33.6 Å². The topological polar surface area (TPSA) is 108 Å². The molecule has 6 rings (SSSR count). The number of carbonyl (C=O) groups is 1. The van der Waals surface area contributed by atoms with Gasteiger partial charge in [0.15, 0.2) is 11.6 Å². The van der Waals surface area contributed by atoms with Crippen LogP contribution in [0.4, 0.5) is 22.0 Å². The van der Waals surface area contributed by atoms with Crippen LogP contribution in [0.25, 0.3) is 22.3 Å². The van der Waals surface area contributed by atoms with E-state index < -0.39 is 51.3 Å². The van der Waals surface area contributed by atoms with E-state index in [-0.39, 0.29) is 34.5 Å². The third kappa shape index (κ3) is 5.96. The fraction of sp³-hybridized carbons (Fsp3) is 0.250. The molecule has 0 unspecified atom stereocenters. The van der Waals surface area contributed by atoms with Gasteiger partial charge in [-0.2, -0.15) is 13.2 Å². The Labute approximate surface area is 255 Å². The van der Waals surface area contributed by atoms with Crippen LogP contribution in [0.3, 0.4) is 0 Å². The number of aromatic amines is 2. The molecule has 1 fully saturated rings. The molecule has 0 spiro atoms. The molecule has 0 radical (unpaired) electrons. The Morgan fingerprint density at radius 1 is 1.04 bits per heavy atom. The van der Waals surface area contributed by atoms with Gasteiger partial charge in [-0.1, -0.05) is 24.3 Å². The molecular weight excluding hydrogens is 617 g/mol. The molecular formula is C32H26F5N3O4S. The number of hydrogen-bond acceptors (Lipinski definition) is 4. The van der Waals surface area contributed by atoms with Gasteiger partial charge in [0.05, 0.1) is 5.56 Å². The summed E-state index contributed by atoms with van der Waals surface area (Å²) in [6.07, 6.45) is -0.893. The first-order chi connectivity index (χ1) is 21.4. The van der Waals surface area contributed by atoms with Crippen LogP contribution in [0.2, 0.25) is 0 Å². The Bertz CT molecular complexity index is 1920. The molecule has 0 saturated carbocycles. The number of carboxylic acids is 1. The number of hydrogen-bond donors (Lipinski definition) is 3. The number of rotatable bonds is 8. The number of ether oxygens (including phenoxy) is 1. The highest BCUT2D eigenvalue weighted by atomic mass is 32.2. The van der Waals surface area contributed by atoms with Crippen LogP contribution in [0.15, 0.2) is 67.0 Å². The zero-order chi connectivity index (χ0) is 31.9. The summed E-state index contributed by atoms with van der Waals surface area (Å²) in [5.41, 5.74) is 0.151. The predicted octanol–water partition coefficient (Wildman–Crippen LogP) is 7.49. The molecule has 7 nitrogen and oxygen atoms in total. The van der Waals surface area contributed by atoms with Crippen molar-refractivity contribution in [1.82, 2.24) is 15.0 Å². The highest BCUT2D eigenvalue weighted by Gasteiger charge is 2.40. The van der Waals surface area contributed by atoms with Gasteiger partial charge in [-0.05, 0) is 54.7 Å². The smallest absolute Gasteiger partial charge is 0.420 e. The number of nitrogens with zero attached hydrogens (tertiary/aromatic N) is 1. The summed E-state index contributed by atoms with van der Waals surface area (Å²) < 4.78 is 90.1. The number of benzene rings is 3. The number of imidazole rings is 1. The highest BCUT2D eigenvalue weighted by molar-refractivity contribution is 7.85. The average molecular weight is 644 g/mol. The monoisotopic (exact) mass is 643 g/mol. The zero-order valence-corrected chi connectivity index (χ0v) is 24.3. The lowest BCUT2D eigenvalue weighted by Crippen LogP contribution is -2.36. The van der Waals surface area contributed by atoms with Gasteiger partial charge in [0.2, 0.25) is 0 Å². The van der Waals surface area contributed by atoms with Crippen LogP contribution < -0.4 is 4.74 Å². The van der Waals surface area contributed by atoms with E-state index in [2.05, 4.69) is 15.0 Å². The number of H-pyrrole nitrogens is 2. The largest absolute Gasteiger partial charge is 0.481 e. The number of aromatic nitrogens is 3. The second-order valence-electron chi connectivity index (χ2n) is 10.9. The Kier molecular flexibility index (Phi) is 7.98. The van der Waals surface area contributed by atoms with Crippen LogP contribution in [0.5, 0.6) is 11.5 Å². The fourth-order valence-corrected chi connectivity index (χ4v) is 7.25. The molecule has 3 heterocycles. The van der Waals surface area contributed by atoms with Crippen molar-refractivity contribution in [2.24, 2.45) is 0 Å². The Hall–Kier alpha value is -4.52. The lowest BCUT2D eigenvalue weighted by atomic mass is 9.72. The van der Waals surface area contributed by atoms with Crippen LogP contribution in [-0.4, -0.2) is 41.7 Å². The van der Waals surface area contributed by atoms with E-state index in [1.807, 2.05) is 24.3 Å². The van der Waals surface area contributed by atoms with Gasteiger partial charge in [-0.15, -0.1) is 0 Å². The molecule has 1 aliphatic rings. The minimum Gasteiger partial charge on any atom is -0.481 e. The van der Waals surface area contributed by atoms with Crippen molar-refractivity contribution in [3.8, 4) is 22.9 Å². The number of halogens is 5. The number of carboxylic acid groups (broad SMARTS) is 1. The number of alkyl halides is 3. The normalized spacial score (nSPS) is 18.7. The number of fused-ring (bicyclic) bond motifs is 1. The summed E-state index contributed by atoms with van der Waals surface area (Å²) in [5.74, 6) is -3.30. The summed E-state index contributed by atoms with van der Waals surface area (Å²) in [5, 5.41) is 8.85. The maximum absolute atomic E-state index is 15.2. The van der Waals surface area contributed by atoms with E-state index in [0.29, 0.717) is 36.5 Å². The molecule has 13 heteroatoms. The molecule has 1 aliphatic heterocycles. The number of aryl methyl sites for hydroxylation is 1. The molecule has 0 bridgehead atoms. The van der Waals surface area contributed by atoms with Crippen molar-refractivity contribution in [3.05, 3.63) is 101 Å². The third-order valence-corrected chi connectivity index (χ3v) is 9.49. The Morgan fingerprint density at radius 2 is 1.82 bits per heavy atom. The lowest BCUT2D eigenvalue weighted by molar-refractivity contribution is -0.138. The summed E-state index contributed by atoms with van der Waals surface area (Å²) >= 11 is 0. The molecule has 0 aliphatic carbocycles. The van der Waals surface area contributed by atoms with Gasteiger partial charge in [-0.3, -0.25) is 9.00 Å². The van der Waals surface area contributed by atoms with E-state index in [1.54, 1.807) is 6.20 Å². The molecule has 5 aromatic rings. The summed E-state index contributed by atoms with van der Waals surface area (Å²) in [7, 11) is -1.02. The quantitative estimate of drug-likeness (QED) is 0.152. The molecule has 0 amide bonds. The second kappa shape index (κ2) is 11.8. The SMILES string of the molecule is O=C(O)CCc1cccc(C2(c3cnc(-c4cc(Oc5c(F)cc6[nH]ccc6c5C(F)(F)F)ccc4F)[nH]3)CCS(=O)CC2)c1. The van der Waals surface area contributed by atoms with Gasteiger partial charge in [0.25, 0.3) is 0 Å². The maximum Gasteiger partial charge on any atom is 0.420 e. The number of nitrogens with one attached hydrogen (secondary N) is 2. The maximum atomic E-state index is 15.2. The first-order valence-electron chi connectivity index (χ1n) is 14.0. The molecule has 2 aromatic heterocycles. The van der Waals surface area contributed by atoms with Crippen LogP contribution >= 0.6 is 0 Å². The summed E-state index contributed by atoms with van der Waals surface area (Å²) in [6, 6.07) is 12.8. The highest BCUT2D eigenvalue weighted by Crippen LogP contribution is 2.45. The second-order valence-corrected chi connectivity index (χ2v) is 12.6. The fourth-order valence-electron chi connectivity index (χ4n) is 5.90. The first kappa shape index (κ1) is 30.5. The van der Waals surface area contributed by atoms with Gasteiger partial charge in [-0.25, -0.2) is 13.8 Å². The van der Waals surface area contributed by atoms with Crippen molar-refractivity contribution >= 4 is 27.7 Å². The lowest BCUT2D eigenvalue weighted by Gasteiger charge is -2.37. The van der Waals surface area contributed by atoms with Crippen molar-refractivity contribution < 1.29 is 40.8 Å². The van der Waals surface area contributed by atoms with E-state index in [1.165, 1.54) is 12.3 Å². The Morgan fingerprint density at radius 3 is 2.56 bits per heavy atom. The van der Waals surface area contributed by atoms with Crippen molar-refractivity contribution in [2.45, 2.75) is 37.3 Å². The van der Waals surface area contributed by atoms with Gasteiger partial charge in [0, 0.05) is 69.2 Å². The standard InChI is InChI=1S/C32H26F5N3O4S/c33-23-6-5-20(44-29-24(34)16-25-21(8-11-38-25)28(29)32(35,36)37)15-22(23)30-39-17-26(40-30)31(9-12-45(43)13-10-31)19-3-1-2-18(14-19)4-7-27(41)42/h1-3,5-6,8,11,14-17,38H,4,7,9-10,12-13H2,(H,39,40)(H,41,42). The third-order valence-electron chi connectivity index (χ3n) is 8.17. The minimum absolute atomic E-state index is 0.0419. The van der Waals surface area contributed by atoms with E-state index in [9.17, 15) is 26.6 Å². The summed E-state index contributed by atoms with van der Waals surface area (Å²) in [4.78, 5) is 21.2. The molecule has 234 valence electrons. The molecule has 0 atom stereocenters. The molecule has 3 N–H and O–H groups in total. The minimum atomic E-state index is -4.94. The predicted molar refractivity (Wildman–Crippen MR) is 158 cm³/mol. The van der Waals surface area contributed by atoms with E-state index in [4.69, 9.17) is 9.84 Å². The van der Waals surface area contributed by atoms with E-state index in [0.717, 1.165) is 35.4 Å². The zero-order valence-electron chi connectivity index (χ0n) is 23.5. The van der Waals surface area contributed by atoms with Gasteiger partial charge in [0.1, 0.15) is 23.0 Å². The van der Waals surface area contributed by atoms with Crippen LogP contribution in [0, 0.1) is 11.6 Å². The van der Waals surface area contributed by atoms with Crippen molar-refractivity contribution in [3.63, 3.8) is 0 Å². The van der Waals surface area contributed by atoms with Crippen LogP contribution in [0.1, 0.15) is 41.6 Å². The summed E-state index contributed by atoms with van der Waals surface area (Å²) in [6.45, 7) is 0. The Balaban J connectivity index is 1.37. The van der Waals surface area contributed by atoms with Crippen molar-refractivity contribution in [2.75, 3.05) is 11.5 Å². The molecule has 1 saturated heterocycles. The first-order valence-corrected chi connectivity index (χ1v) is 15.5. The molecule has 3 aromatic carbocycles. The average Bonchev–Trinajstić information content (AvgIpc) is 3.68. The van der Waals surface area contributed by atoms with Crippen molar-refractivity contribution in [1.29, 1.82) is 0 Å².